The molecule has 1 saturated carbocycles. The largest absolute Gasteiger partial charge is 0.383 e. The van der Waals surface area contributed by atoms with Gasteiger partial charge in [-0.1, -0.05) is 6.42 Å². The first-order valence-corrected chi connectivity index (χ1v) is 7.73. The number of nitrogens with zero attached hydrogens (tertiary/aromatic N) is 3. The average molecular weight is 275 g/mol. The van der Waals surface area contributed by atoms with Crippen molar-refractivity contribution >= 4 is 11.6 Å². The minimum atomic E-state index is 0.538. The zero-order valence-electron chi connectivity index (χ0n) is 12.5. The Bertz CT molecular complexity index is 483. The highest BCUT2D eigenvalue weighted by molar-refractivity contribution is 5.55. The van der Waals surface area contributed by atoms with Crippen molar-refractivity contribution in [3.8, 4) is 0 Å². The molecule has 3 N–H and O–H groups in total. The van der Waals surface area contributed by atoms with Crippen LogP contribution in [0.15, 0.2) is 0 Å². The fraction of sp³-hybridized carbons (Fsp3) is 0.733. The van der Waals surface area contributed by atoms with Crippen molar-refractivity contribution in [2.24, 2.45) is 0 Å². The van der Waals surface area contributed by atoms with Crippen LogP contribution in [0.5, 0.6) is 0 Å². The van der Waals surface area contributed by atoms with E-state index in [-0.39, 0.29) is 0 Å². The van der Waals surface area contributed by atoms with Crippen LogP contribution in [0.4, 0.5) is 11.6 Å². The summed E-state index contributed by atoms with van der Waals surface area (Å²) in [5.41, 5.74) is 7.00. The lowest BCUT2D eigenvalue weighted by molar-refractivity contribution is 0.194. The van der Waals surface area contributed by atoms with Gasteiger partial charge in [0.15, 0.2) is 0 Å². The Morgan fingerprint density at radius 1 is 1.25 bits per heavy atom. The second-order valence-electron chi connectivity index (χ2n) is 6.23. The van der Waals surface area contributed by atoms with Gasteiger partial charge >= 0.3 is 0 Å². The van der Waals surface area contributed by atoms with Gasteiger partial charge in [-0.15, -0.1) is 0 Å². The highest BCUT2D eigenvalue weighted by atomic mass is 15.2. The van der Waals surface area contributed by atoms with Crippen LogP contribution in [0.25, 0.3) is 0 Å². The van der Waals surface area contributed by atoms with Crippen LogP contribution in [0, 0.1) is 6.92 Å². The van der Waals surface area contributed by atoms with Gasteiger partial charge in [0.25, 0.3) is 0 Å². The minimum absolute atomic E-state index is 0.538. The van der Waals surface area contributed by atoms with Crippen LogP contribution in [0.3, 0.4) is 0 Å². The quantitative estimate of drug-likeness (QED) is 0.881. The Morgan fingerprint density at radius 2 is 2.05 bits per heavy atom. The number of likely N-dealkylation sites (tertiary alicyclic amines) is 1. The van der Waals surface area contributed by atoms with Crippen molar-refractivity contribution < 1.29 is 0 Å². The molecular weight excluding hydrogens is 250 g/mol. The van der Waals surface area contributed by atoms with Gasteiger partial charge in [0.1, 0.15) is 17.5 Å². The predicted molar refractivity (Wildman–Crippen MR) is 81.9 cm³/mol. The normalized spacial score (nSPS) is 23.8. The number of nitrogen functional groups attached to an aromatic ring is 1. The van der Waals surface area contributed by atoms with Gasteiger partial charge in [-0.3, -0.25) is 0 Å². The number of hydrogen-bond donors (Lipinski definition) is 2. The molecule has 20 heavy (non-hydrogen) atoms. The molecule has 1 unspecified atom stereocenters. The molecule has 5 heteroatoms. The van der Waals surface area contributed by atoms with E-state index in [0.29, 0.717) is 17.8 Å². The van der Waals surface area contributed by atoms with E-state index < -0.39 is 0 Å². The van der Waals surface area contributed by atoms with Crippen LogP contribution in [0.1, 0.15) is 49.4 Å². The molecule has 1 aliphatic carbocycles. The molecule has 1 saturated heterocycles. The number of nitrogens with one attached hydrogen (secondary N) is 1. The molecule has 1 aliphatic heterocycles. The number of anilines is 2. The topological polar surface area (TPSA) is 67.1 Å². The Labute approximate surface area is 121 Å². The van der Waals surface area contributed by atoms with Crippen molar-refractivity contribution in [3.63, 3.8) is 0 Å². The first-order chi connectivity index (χ1) is 9.65. The molecule has 110 valence electrons. The molecule has 0 bridgehead atoms. The fourth-order valence-electron chi connectivity index (χ4n) is 2.86. The average Bonchev–Trinajstić information content (AvgIpc) is 3.26. The van der Waals surface area contributed by atoms with E-state index in [2.05, 4.69) is 27.2 Å². The maximum absolute atomic E-state index is 6.02. The highest BCUT2D eigenvalue weighted by Crippen LogP contribution is 2.39. The van der Waals surface area contributed by atoms with Crippen molar-refractivity contribution in [1.82, 2.24) is 14.9 Å². The molecule has 2 aliphatic rings. The predicted octanol–water partition coefficient (Wildman–Crippen LogP) is 2.14. The lowest BCUT2D eigenvalue weighted by atomic mass is 10.0. The molecule has 1 atom stereocenters. The van der Waals surface area contributed by atoms with E-state index >= 15 is 0 Å². The summed E-state index contributed by atoms with van der Waals surface area (Å²) in [6, 6.07) is 0.601. The zero-order valence-corrected chi connectivity index (χ0v) is 12.5. The molecule has 3 rings (SSSR count). The number of likely N-dealkylation sites (N-methyl/N-ethyl adjacent to an activating group) is 1. The lowest BCUT2D eigenvalue weighted by Gasteiger charge is -2.32. The summed E-state index contributed by atoms with van der Waals surface area (Å²) in [6.45, 7) is 4.14. The minimum Gasteiger partial charge on any atom is -0.383 e. The van der Waals surface area contributed by atoms with Crippen LogP contribution >= 0.6 is 0 Å². The van der Waals surface area contributed by atoms with Crippen LogP contribution in [0.2, 0.25) is 0 Å². The van der Waals surface area contributed by atoms with E-state index in [4.69, 9.17) is 5.73 Å². The van der Waals surface area contributed by atoms with E-state index in [1.807, 2.05) is 6.92 Å². The fourth-order valence-corrected chi connectivity index (χ4v) is 2.86. The van der Waals surface area contributed by atoms with Crippen molar-refractivity contribution in [2.75, 3.05) is 31.2 Å². The molecule has 0 spiro atoms. The third-order valence-electron chi connectivity index (χ3n) is 4.57. The Kier molecular flexibility index (Phi) is 3.78. The summed E-state index contributed by atoms with van der Waals surface area (Å²) < 4.78 is 0. The summed E-state index contributed by atoms with van der Waals surface area (Å²) >= 11 is 0. The second kappa shape index (κ2) is 5.56. The molecule has 0 aromatic carbocycles. The molecule has 2 fully saturated rings. The van der Waals surface area contributed by atoms with Crippen LogP contribution in [-0.4, -0.2) is 41.0 Å². The van der Waals surface area contributed by atoms with Crippen LogP contribution in [-0.2, 0) is 0 Å². The SMILES string of the molecule is Cc1c(N)nc(C2CC2)nc1NCC1CCCCN1C. The number of piperidine rings is 1. The van der Waals surface area contributed by atoms with Gasteiger partial charge in [-0.25, -0.2) is 9.97 Å². The molecular formula is C15H25N5. The monoisotopic (exact) mass is 275 g/mol. The Hall–Kier alpha value is -1.36. The van der Waals surface area contributed by atoms with E-state index in [0.717, 1.165) is 23.8 Å². The summed E-state index contributed by atoms with van der Waals surface area (Å²) in [4.78, 5) is 11.5. The van der Waals surface area contributed by atoms with Gasteiger partial charge in [0.2, 0.25) is 0 Å². The van der Waals surface area contributed by atoms with E-state index in [1.165, 1.54) is 38.6 Å². The van der Waals surface area contributed by atoms with Crippen molar-refractivity contribution in [1.29, 1.82) is 0 Å². The lowest BCUT2D eigenvalue weighted by Crippen LogP contribution is -2.41. The summed E-state index contributed by atoms with van der Waals surface area (Å²) in [6.07, 6.45) is 6.31. The first kappa shape index (κ1) is 13.6. The molecule has 0 radical (unpaired) electrons. The standard InChI is InChI=1S/C15H25N5/c1-10-13(16)18-15(11-6-7-11)19-14(10)17-9-12-5-3-4-8-20(12)2/h11-12H,3-9H2,1-2H3,(H3,16,17,18,19). The van der Waals surface area contributed by atoms with E-state index in [1.54, 1.807) is 0 Å². The molecule has 5 nitrogen and oxygen atoms in total. The number of aromatic nitrogens is 2. The highest BCUT2D eigenvalue weighted by Gasteiger charge is 2.28. The van der Waals surface area contributed by atoms with Gasteiger partial charge in [-0.2, -0.15) is 0 Å². The molecule has 2 heterocycles. The molecule has 1 aromatic rings. The van der Waals surface area contributed by atoms with Crippen molar-refractivity contribution in [3.05, 3.63) is 11.4 Å². The molecule has 0 amide bonds. The van der Waals surface area contributed by atoms with Gasteiger partial charge in [0, 0.05) is 24.1 Å². The maximum Gasteiger partial charge on any atom is 0.136 e. The van der Waals surface area contributed by atoms with Crippen LogP contribution < -0.4 is 11.1 Å². The maximum atomic E-state index is 6.02. The third-order valence-corrected chi connectivity index (χ3v) is 4.57. The summed E-state index contributed by atoms with van der Waals surface area (Å²) in [5, 5.41) is 3.50. The van der Waals surface area contributed by atoms with Gasteiger partial charge in [-0.05, 0) is 46.2 Å². The number of rotatable bonds is 4. The number of hydrogen-bond acceptors (Lipinski definition) is 5. The van der Waals surface area contributed by atoms with Gasteiger partial charge < -0.3 is 16.0 Å². The molecule has 1 aromatic heterocycles. The third kappa shape index (κ3) is 2.87. The summed E-state index contributed by atoms with van der Waals surface area (Å²) in [7, 11) is 2.21. The Morgan fingerprint density at radius 3 is 2.75 bits per heavy atom. The zero-order chi connectivity index (χ0) is 14.1. The smallest absolute Gasteiger partial charge is 0.136 e. The Balaban J connectivity index is 1.69. The van der Waals surface area contributed by atoms with Crippen molar-refractivity contribution in [2.45, 2.75) is 51.0 Å². The second-order valence-corrected chi connectivity index (χ2v) is 6.23. The number of nitrogens with two attached hydrogens (primary N) is 1. The van der Waals surface area contributed by atoms with E-state index in [9.17, 15) is 0 Å². The summed E-state index contributed by atoms with van der Waals surface area (Å²) in [5.74, 6) is 3.02. The van der Waals surface area contributed by atoms with Gasteiger partial charge in [0.05, 0.1) is 0 Å². The first-order valence-electron chi connectivity index (χ1n) is 7.73.